The van der Waals surface area contributed by atoms with Crippen molar-refractivity contribution in [2.75, 3.05) is 6.54 Å². The number of carbonyl (C=O) groups excluding carboxylic acids is 1. The highest BCUT2D eigenvalue weighted by Crippen LogP contribution is 2.22. The first-order valence-electron chi connectivity index (χ1n) is 7.13. The fraction of sp³-hybridized carbons (Fsp3) is 0.222. The summed E-state index contributed by atoms with van der Waals surface area (Å²) in [6, 6.07) is 14.7. The van der Waals surface area contributed by atoms with Gasteiger partial charge in [0.2, 0.25) is 0 Å². The second-order valence-electron chi connectivity index (χ2n) is 5.01. The fourth-order valence-corrected chi connectivity index (χ4v) is 2.40. The minimum absolute atomic E-state index is 0.159. The monoisotopic (exact) mass is 296 g/mol. The number of halogens is 1. The summed E-state index contributed by atoms with van der Waals surface area (Å²) in [7, 11) is 0. The first-order chi connectivity index (χ1) is 10.6. The molecule has 0 N–H and O–H groups in total. The van der Waals surface area contributed by atoms with Crippen molar-refractivity contribution in [3.63, 3.8) is 0 Å². The van der Waals surface area contributed by atoms with Crippen LogP contribution in [0.15, 0.2) is 48.5 Å². The normalized spacial score (nSPS) is 11.5. The summed E-state index contributed by atoms with van der Waals surface area (Å²) in [5, 5.41) is 8.84. The summed E-state index contributed by atoms with van der Waals surface area (Å²) in [6.07, 6.45) is 0. The molecule has 1 amide bonds. The fourth-order valence-electron chi connectivity index (χ4n) is 2.40. The van der Waals surface area contributed by atoms with E-state index in [0.29, 0.717) is 17.7 Å². The van der Waals surface area contributed by atoms with Crippen LogP contribution in [0.25, 0.3) is 0 Å². The molecule has 0 aromatic heterocycles. The van der Waals surface area contributed by atoms with Crippen molar-refractivity contribution in [1.29, 1.82) is 5.26 Å². The molecule has 22 heavy (non-hydrogen) atoms. The topological polar surface area (TPSA) is 44.1 Å². The van der Waals surface area contributed by atoms with E-state index in [9.17, 15) is 9.18 Å². The predicted octanol–water partition coefficient (Wildman–Crippen LogP) is 3.92. The number of nitrogens with zero attached hydrogens (tertiary/aromatic N) is 2. The molecule has 4 heteroatoms. The summed E-state index contributed by atoms with van der Waals surface area (Å²) < 4.78 is 13.3. The van der Waals surface area contributed by atoms with Gasteiger partial charge in [0.15, 0.2) is 0 Å². The Bertz CT molecular complexity index is 704. The number of hydrogen-bond acceptors (Lipinski definition) is 2. The zero-order valence-electron chi connectivity index (χ0n) is 12.6. The molecule has 112 valence electrons. The molecule has 0 aliphatic carbocycles. The molecule has 0 radical (unpaired) electrons. The first kappa shape index (κ1) is 15.7. The molecule has 0 aliphatic heterocycles. The Morgan fingerprint density at radius 1 is 1.27 bits per heavy atom. The second-order valence-corrected chi connectivity index (χ2v) is 5.01. The highest BCUT2D eigenvalue weighted by atomic mass is 19.1. The van der Waals surface area contributed by atoms with Gasteiger partial charge in [-0.3, -0.25) is 4.79 Å². The molecule has 0 spiro atoms. The third kappa shape index (κ3) is 3.32. The molecule has 2 aromatic carbocycles. The molecule has 0 saturated heterocycles. The van der Waals surface area contributed by atoms with Crippen LogP contribution in [0.3, 0.4) is 0 Å². The van der Waals surface area contributed by atoms with Gasteiger partial charge >= 0.3 is 0 Å². The van der Waals surface area contributed by atoms with E-state index in [0.717, 1.165) is 5.56 Å². The van der Waals surface area contributed by atoms with E-state index in [-0.39, 0.29) is 11.9 Å². The number of amides is 1. The Hall–Kier alpha value is -2.67. The Morgan fingerprint density at radius 3 is 2.50 bits per heavy atom. The van der Waals surface area contributed by atoms with Crippen LogP contribution in [0.2, 0.25) is 0 Å². The summed E-state index contributed by atoms with van der Waals surface area (Å²) in [5.41, 5.74) is 1.85. The minimum atomic E-state index is -0.423. The van der Waals surface area contributed by atoms with Gasteiger partial charge in [0.25, 0.3) is 5.91 Å². The lowest BCUT2D eigenvalue weighted by molar-refractivity contribution is 0.0702. The molecule has 3 nitrogen and oxygen atoms in total. The number of carbonyl (C=O) groups is 1. The Balaban J connectivity index is 2.26. The molecular formula is C18H17FN2O. The summed E-state index contributed by atoms with van der Waals surface area (Å²) in [5.74, 6) is -0.633. The Labute approximate surface area is 129 Å². The average molecular weight is 296 g/mol. The van der Waals surface area contributed by atoms with Crippen LogP contribution >= 0.6 is 0 Å². The predicted molar refractivity (Wildman–Crippen MR) is 82.7 cm³/mol. The zero-order chi connectivity index (χ0) is 16.1. The van der Waals surface area contributed by atoms with E-state index in [2.05, 4.69) is 6.07 Å². The van der Waals surface area contributed by atoms with Crippen LogP contribution in [-0.2, 0) is 0 Å². The molecule has 0 aliphatic rings. The van der Waals surface area contributed by atoms with Crippen LogP contribution in [0.4, 0.5) is 4.39 Å². The van der Waals surface area contributed by atoms with Gasteiger partial charge < -0.3 is 4.90 Å². The molecule has 0 fully saturated rings. The first-order valence-corrected chi connectivity index (χ1v) is 7.13. The molecule has 2 aromatic rings. The van der Waals surface area contributed by atoms with Crippen molar-refractivity contribution in [1.82, 2.24) is 4.90 Å². The highest BCUT2D eigenvalue weighted by molar-refractivity contribution is 5.94. The maximum absolute atomic E-state index is 13.3. The van der Waals surface area contributed by atoms with Crippen molar-refractivity contribution in [2.24, 2.45) is 0 Å². The molecule has 0 bridgehead atoms. The van der Waals surface area contributed by atoms with Crippen LogP contribution < -0.4 is 0 Å². The standard InChI is InChI=1S/C18H17FN2O/c1-3-21(18(22)16-5-4-6-17(19)11-16)13(2)15-9-7-14(12-20)8-10-15/h4-11,13H,3H2,1-2H3. The number of rotatable bonds is 4. The number of benzene rings is 2. The van der Waals surface area contributed by atoms with Crippen molar-refractivity contribution < 1.29 is 9.18 Å². The quantitative estimate of drug-likeness (QED) is 0.858. The smallest absolute Gasteiger partial charge is 0.254 e. The van der Waals surface area contributed by atoms with Crippen LogP contribution in [-0.4, -0.2) is 17.4 Å². The van der Waals surface area contributed by atoms with E-state index in [4.69, 9.17) is 5.26 Å². The van der Waals surface area contributed by atoms with Gasteiger partial charge in [-0.25, -0.2) is 4.39 Å². The molecule has 1 atom stereocenters. The van der Waals surface area contributed by atoms with Gasteiger partial charge in [-0.2, -0.15) is 5.26 Å². The van der Waals surface area contributed by atoms with E-state index in [1.165, 1.54) is 18.2 Å². The van der Waals surface area contributed by atoms with Gasteiger partial charge in [0, 0.05) is 12.1 Å². The van der Waals surface area contributed by atoms with E-state index < -0.39 is 5.82 Å². The number of hydrogen-bond donors (Lipinski definition) is 0. The van der Waals surface area contributed by atoms with Gasteiger partial charge in [0.05, 0.1) is 17.7 Å². The third-order valence-corrected chi connectivity index (χ3v) is 3.66. The molecule has 0 saturated carbocycles. The largest absolute Gasteiger partial charge is 0.332 e. The summed E-state index contributed by atoms with van der Waals surface area (Å²) in [4.78, 5) is 14.2. The SMILES string of the molecule is CCN(C(=O)c1cccc(F)c1)C(C)c1ccc(C#N)cc1. The lowest BCUT2D eigenvalue weighted by Gasteiger charge is -2.28. The van der Waals surface area contributed by atoms with Gasteiger partial charge in [-0.05, 0) is 49.7 Å². The zero-order valence-corrected chi connectivity index (χ0v) is 12.6. The Kier molecular flexibility index (Phi) is 4.90. The van der Waals surface area contributed by atoms with Crippen molar-refractivity contribution in [3.8, 4) is 6.07 Å². The van der Waals surface area contributed by atoms with Gasteiger partial charge in [-0.15, -0.1) is 0 Å². The molecular weight excluding hydrogens is 279 g/mol. The van der Waals surface area contributed by atoms with E-state index in [1.54, 1.807) is 23.1 Å². The average Bonchev–Trinajstić information content (AvgIpc) is 2.55. The molecule has 1 unspecified atom stereocenters. The maximum atomic E-state index is 13.3. The van der Waals surface area contributed by atoms with E-state index >= 15 is 0 Å². The lowest BCUT2D eigenvalue weighted by Crippen LogP contribution is -2.33. The van der Waals surface area contributed by atoms with Crippen LogP contribution in [0.5, 0.6) is 0 Å². The minimum Gasteiger partial charge on any atom is -0.332 e. The third-order valence-electron chi connectivity index (χ3n) is 3.66. The van der Waals surface area contributed by atoms with Crippen molar-refractivity contribution >= 4 is 5.91 Å². The van der Waals surface area contributed by atoms with Crippen LogP contribution in [0, 0.1) is 17.1 Å². The van der Waals surface area contributed by atoms with Crippen molar-refractivity contribution in [3.05, 3.63) is 71.0 Å². The maximum Gasteiger partial charge on any atom is 0.254 e. The molecule has 0 heterocycles. The highest BCUT2D eigenvalue weighted by Gasteiger charge is 2.21. The lowest BCUT2D eigenvalue weighted by atomic mass is 10.0. The van der Waals surface area contributed by atoms with Gasteiger partial charge in [-0.1, -0.05) is 18.2 Å². The van der Waals surface area contributed by atoms with Crippen molar-refractivity contribution in [2.45, 2.75) is 19.9 Å². The summed E-state index contributed by atoms with van der Waals surface area (Å²) >= 11 is 0. The second kappa shape index (κ2) is 6.86. The molecule has 2 rings (SSSR count). The number of nitriles is 1. The van der Waals surface area contributed by atoms with Gasteiger partial charge in [0.1, 0.15) is 5.82 Å². The van der Waals surface area contributed by atoms with E-state index in [1.807, 2.05) is 26.0 Å². The summed E-state index contributed by atoms with van der Waals surface area (Å²) in [6.45, 7) is 4.32. The Morgan fingerprint density at radius 2 is 1.95 bits per heavy atom. The van der Waals surface area contributed by atoms with Crippen LogP contribution in [0.1, 0.15) is 41.4 Å².